The van der Waals surface area contributed by atoms with E-state index in [9.17, 15) is 25.5 Å². The van der Waals surface area contributed by atoms with Crippen LogP contribution in [0.2, 0.25) is 0 Å². The third-order valence-electron chi connectivity index (χ3n) is 1.71. The minimum absolute atomic E-state index is 0.378. The van der Waals surface area contributed by atoms with Gasteiger partial charge in [-0.15, -0.1) is 17.1 Å². The first-order valence-electron chi connectivity index (χ1n) is 4.13. The predicted octanol–water partition coefficient (Wildman–Crippen LogP) is 3.01. The smallest absolute Gasteiger partial charge is 0.495 e. The number of methoxy groups -OCH3 is 1. The van der Waals surface area contributed by atoms with E-state index in [1.54, 1.807) is 0 Å². The molecule has 0 unspecified atom stereocenters. The Balaban J connectivity index is 3.57. The molecule has 102 valence electrons. The Morgan fingerprint density at radius 1 is 1.28 bits per heavy atom. The number of hydrogen-bond donors (Lipinski definition) is 0. The first-order chi connectivity index (χ1) is 8.06. The van der Waals surface area contributed by atoms with Crippen LogP contribution < -0.4 is 9.47 Å². The number of hydrogen-bond acceptors (Lipinski definition) is 4. The van der Waals surface area contributed by atoms with Gasteiger partial charge in [0.1, 0.15) is 5.75 Å². The molecule has 0 amide bonds. The Labute approximate surface area is 108 Å². The molecule has 4 nitrogen and oxygen atoms in total. The number of alkyl halides is 3. The molecule has 0 saturated heterocycles. The second kappa shape index (κ2) is 4.92. The van der Waals surface area contributed by atoms with E-state index >= 15 is 0 Å². The van der Waals surface area contributed by atoms with Crippen molar-refractivity contribution in [1.29, 1.82) is 0 Å². The van der Waals surface area contributed by atoms with E-state index in [1.165, 1.54) is 0 Å². The van der Waals surface area contributed by atoms with Gasteiger partial charge in [-0.3, -0.25) is 0 Å². The lowest BCUT2D eigenvalue weighted by atomic mass is 10.3. The molecule has 0 heterocycles. The summed E-state index contributed by atoms with van der Waals surface area (Å²) in [5.41, 5.74) is 0. The van der Waals surface area contributed by atoms with Crippen LogP contribution in [-0.4, -0.2) is 21.9 Å². The molecule has 0 radical (unpaired) electrons. The van der Waals surface area contributed by atoms with Crippen LogP contribution in [0.5, 0.6) is 11.5 Å². The maximum Gasteiger partial charge on any atom is 0.573 e. The van der Waals surface area contributed by atoms with E-state index < -0.39 is 33.0 Å². The van der Waals surface area contributed by atoms with Crippen LogP contribution in [-0.2, 0) is 10.2 Å². The molecular formula is C8H5BrF4O4S. The van der Waals surface area contributed by atoms with Crippen LogP contribution in [0.4, 0.5) is 17.1 Å². The zero-order chi connectivity index (χ0) is 14.1. The van der Waals surface area contributed by atoms with Gasteiger partial charge in [-0.05, 0) is 28.1 Å². The van der Waals surface area contributed by atoms with Crippen molar-refractivity contribution in [1.82, 2.24) is 0 Å². The molecule has 0 atom stereocenters. The Morgan fingerprint density at radius 3 is 2.22 bits per heavy atom. The molecular weight excluding hydrogens is 348 g/mol. The molecule has 0 N–H and O–H groups in total. The quantitative estimate of drug-likeness (QED) is 0.619. The van der Waals surface area contributed by atoms with Gasteiger partial charge in [0.25, 0.3) is 0 Å². The predicted molar refractivity (Wildman–Crippen MR) is 55.7 cm³/mol. The molecule has 0 aromatic heterocycles. The SMILES string of the molecule is COc1ccc(Br)c(OC(F)(F)F)c1S(=O)(=O)F. The Hall–Kier alpha value is -1.03. The van der Waals surface area contributed by atoms with Crippen LogP contribution >= 0.6 is 15.9 Å². The van der Waals surface area contributed by atoms with Crippen LogP contribution in [0.3, 0.4) is 0 Å². The zero-order valence-corrected chi connectivity index (χ0v) is 11.0. The summed E-state index contributed by atoms with van der Waals surface area (Å²) in [6, 6.07) is 2.02. The van der Waals surface area contributed by atoms with Crippen molar-refractivity contribution in [3.8, 4) is 11.5 Å². The molecule has 0 fully saturated rings. The Morgan fingerprint density at radius 2 is 1.83 bits per heavy atom. The van der Waals surface area contributed by atoms with Crippen molar-refractivity contribution in [3.05, 3.63) is 16.6 Å². The highest BCUT2D eigenvalue weighted by Crippen LogP contribution is 2.42. The topological polar surface area (TPSA) is 52.6 Å². The van der Waals surface area contributed by atoms with Crippen molar-refractivity contribution in [3.63, 3.8) is 0 Å². The third-order valence-corrected chi connectivity index (χ3v) is 3.21. The van der Waals surface area contributed by atoms with Crippen molar-refractivity contribution in [2.45, 2.75) is 11.3 Å². The molecule has 0 spiro atoms. The van der Waals surface area contributed by atoms with Gasteiger partial charge in [-0.1, -0.05) is 0 Å². The fourth-order valence-electron chi connectivity index (χ4n) is 1.12. The lowest BCUT2D eigenvalue weighted by Gasteiger charge is -2.15. The van der Waals surface area contributed by atoms with Crippen molar-refractivity contribution >= 4 is 26.2 Å². The summed E-state index contributed by atoms with van der Waals surface area (Å²) in [4.78, 5) is -1.32. The van der Waals surface area contributed by atoms with Crippen molar-refractivity contribution in [2.75, 3.05) is 7.11 Å². The lowest BCUT2D eigenvalue weighted by Crippen LogP contribution is -2.19. The number of rotatable bonds is 3. The molecule has 0 aliphatic heterocycles. The summed E-state index contributed by atoms with van der Waals surface area (Å²) < 4.78 is 78.7. The Bertz CT molecular complexity index is 555. The molecule has 10 heteroatoms. The average molecular weight is 353 g/mol. The van der Waals surface area contributed by atoms with E-state index in [0.29, 0.717) is 0 Å². The highest BCUT2D eigenvalue weighted by Gasteiger charge is 2.37. The van der Waals surface area contributed by atoms with E-state index in [2.05, 4.69) is 25.4 Å². The summed E-state index contributed by atoms with van der Waals surface area (Å²) in [7, 11) is -4.47. The standard InChI is InChI=1S/C8H5BrF4O4S/c1-16-5-3-2-4(9)6(17-8(10,11)12)7(5)18(13,14)15/h2-3H,1H3. The van der Waals surface area contributed by atoms with Crippen LogP contribution in [0.1, 0.15) is 0 Å². The average Bonchev–Trinajstić information content (AvgIpc) is 2.17. The van der Waals surface area contributed by atoms with Gasteiger partial charge in [0.05, 0.1) is 11.6 Å². The summed E-state index contributed by atoms with van der Waals surface area (Å²) in [6.45, 7) is 0. The lowest BCUT2D eigenvalue weighted by molar-refractivity contribution is -0.275. The first kappa shape index (κ1) is 15.0. The largest absolute Gasteiger partial charge is 0.573 e. The summed E-state index contributed by atoms with van der Waals surface area (Å²) in [5.74, 6) is -1.82. The highest BCUT2D eigenvalue weighted by molar-refractivity contribution is 9.10. The normalized spacial score (nSPS) is 12.3. The summed E-state index contributed by atoms with van der Waals surface area (Å²) in [5, 5.41) is 0. The summed E-state index contributed by atoms with van der Waals surface area (Å²) >= 11 is 2.64. The summed E-state index contributed by atoms with van der Waals surface area (Å²) in [6.07, 6.45) is -5.17. The minimum Gasteiger partial charge on any atom is -0.495 e. The molecule has 1 aromatic rings. The highest BCUT2D eigenvalue weighted by atomic mass is 79.9. The number of halogens is 5. The van der Waals surface area contributed by atoms with Crippen molar-refractivity contribution in [2.24, 2.45) is 0 Å². The van der Waals surface area contributed by atoms with Gasteiger partial charge in [-0.25, -0.2) is 0 Å². The van der Waals surface area contributed by atoms with E-state index in [0.717, 1.165) is 19.2 Å². The number of ether oxygens (including phenoxy) is 2. The monoisotopic (exact) mass is 352 g/mol. The van der Waals surface area contributed by atoms with Crippen LogP contribution in [0, 0.1) is 0 Å². The van der Waals surface area contributed by atoms with E-state index in [1.807, 2.05) is 0 Å². The molecule has 0 bridgehead atoms. The molecule has 1 rings (SSSR count). The molecule has 0 saturated carbocycles. The zero-order valence-electron chi connectivity index (χ0n) is 8.59. The maximum absolute atomic E-state index is 13.0. The van der Waals surface area contributed by atoms with Gasteiger partial charge in [0.15, 0.2) is 10.6 Å². The minimum atomic E-state index is -5.45. The van der Waals surface area contributed by atoms with Gasteiger partial charge in [-0.2, -0.15) is 8.42 Å². The Kier molecular flexibility index (Phi) is 4.11. The molecule has 0 aliphatic rings. The molecule has 1 aromatic carbocycles. The first-order valence-corrected chi connectivity index (χ1v) is 6.31. The third kappa shape index (κ3) is 3.48. The second-order valence-electron chi connectivity index (χ2n) is 2.89. The maximum atomic E-state index is 13.0. The van der Waals surface area contributed by atoms with Crippen LogP contribution in [0.25, 0.3) is 0 Å². The van der Waals surface area contributed by atoms with Gasteiger partial charge >= 0.3 is 16.6 Å². The fraction of sp³-hybridized carbons (Fsp3) is 0.250. The van der Waals surface area contributed by atoms with Gasteiger partial charge < -0.3 is 9.47 Å². The van der Waals surface area contributed by atoms with E-state index in [-0.39, 0.29) is 4.47 Å². The van der Waals surface area contributed by atoms with E-state index in [4.69, 9.17) is 0 Å². The van der Waals surface area contributed by atoms with Gasteiger partial charge in [0, 0.05) is 0 Å². The second-order valence-corrected chi connectivity index (χ2v) is 5.03. The van der Waals surface area contributed by atoms with Crippen molar-refractivity contribution < 1.29 is 34.9 Å². The number of benzene rings is 1. The van der Waals surface area contributed by atoms with Crippen LogP contribution in [0.15, 0.2) is 21.5 Å². The fourth-order valence-corrected chi connectivity index (χ4v) is 2.43. The molecule has 0 aliphatic carbocycles. The molecule has 18 heavy (non-hydrogen) atoms. The van der Waals surface area contributed by atoms with Gasteiger partial charge in [0.2, 0.25) is 0 Å².